The lowest BCUT2D eigenvalue weighted by atomic mass is 10.3. The highest BCUT2D eigenvalue weighted by Gasteiger charge is 2.10. The van der Waals surface area contributed by atoms with Crippen LogP contribution in [0.5, 0.6) is 0 Å². The highest BCUT2D eigenvalue weighted by molar-refractivity contribution is 5.80. The third-order valence-corrected chi connectivity index (χ3v) is 2.84. The second kappa shape index (κ2) is 7.52. The average molecular weight is 267 g/mol. The summed E-state index contributed by atoms with van der Waals surface area (Å²) in [5.41, 5.74) is 7.29. The van der Waals surface area contributed by atoms with E-state index < -0.39 is 0 Å². The first-order valence-electron chi connectivity index (χ1n) is 6.09. The first kappa shape index (κ1) is 15.2. The van der Waals surface area contributed by atoms with Crippen LogP contribution in [0, 0.1) is 13.8 Å². The Balaban J connectivity index is 2.79. The zero-order valence-electron chi connectivity index (χ0n) is 11.6. The summed E-state index contributed by atoms with van der Waals surface area (Å²) >= 11 is 0. The normalized spacial score (nSPS) is 11.6. The molecule has 0 saturated carbocycles. The highest BCUT2D eigenvalue weighted by Crippen LogP contribution is 2.12. The molecule has 0 radical (unpaired) electrons. The molecule has 0 amide bonds. The van der Waals surface area contributed by atoms with Gasteiger partial charge in [-0.05, 0) is 13.8 Å². The van der Waals surface area contributed by atoms with Gasteiger partial charge in [0.1, 0.15) is 11.7 Å². The molecule has 0 spiro atoms. The van der Waals surface area contributed by atoms with Crippen molar-refractivity contribution in [3.8, 4) is 0 Å². The fourth-order valence-corrected chi connectivity index (χ4v) is 1.52. The summed E-state index contributed by atoms with van der Waals surface area (Å²) in [7, 11) is 1.65. The van der Waals surface area contributed by atoms with Gasteiger partial charge in [0.2, 0.25) is 0 Å². The van der Waals surface area contributed by atoms with Gasteiger partial charge in [-0.25, -0.2) is 4.98 Å². The lowest BCUT2D eigenvalue weighted by Gasteiger charge is -2.23. The topological polar surface area (TPSA) is 96.9 Å². The number of nitrogens with two attached hydrogens (primary N) is 1. The zero-order chi connectivity index (χ0) is 14.3. The van der Waals surface area contributed by atoms with E-state index in [1.165, 1.54) is 0 Å². The maximum atomic E-state index is 8.57. The third-order valence-electron chi connectivity index (χ3n) is 2.84. The van der Waals surface area contributed by atoms with Crippen LogP contribution >= 0.6 is 0 Å². The van der Waals surface area contributed by atoms with Crippen LogP contribution in [0.2, 0.25) is 0 Å². The maximum Gasteiger partial charge on any atom is 0.147 e. The van der Waals surface area contributed by atoms with Crippen LogP contribution in [0.3, 0.4) is 0 Å². The van der Waals surface area contributed by atoms with Crippen LogP contribution in [0.25, 0.3) is 0 Å². The number of nitrogens with zero attached hydrogens (tertiary/aromatic N) is 4. The SMILES string of the molecule is COCCN(CCC(N)=NO)c1cnc(C)c(C)n1. The molecule has 3 N–H and O–H groups in total. The van der Waals surface area contributed by atoms with Crippen molar-refractivity contribution in [1.29, 1.82) is 0 Å². The van der Waals surface area contributed by atoms with Crippen molar-refractivity contribution in [3.05, 3.63) is 17.6 Å². The standard InChI is InChI=1S/C12H21N5O2/c1-9-10(2)15-12(8-14-9)17(6-7-19-3)5-4-11(13)16-18/h8,18H,4-7H2,1-3H3,(H2,13,16). The summed E-state index contributed by atoms with van der Waals surface area (Å²) < 4.78 is 5.08. The van der Waals surface area contributed by atoms with E-state index in [9.17, 15) is 0 Å². The van der Waals surface area contributed by atoms with E-state index in [0.717, 1.165) is 17.2 Å². The molecule has 0 aromatic carbocycles. The Morgan fingerprint density at radius 1 is 1.42 bits per heavy atom. The van der Waals surface area contributed by atoms with Gasteiger partial charge in [-0.2, -0.15) is 0 Å². The van der Waals surface area contributed by atoms with Gasteiger partial charge in [0.15, 0.2) is 0 Å². The van der Waals surface area contributed by atoms with Crippen molar-refractivity contribution in [2.24, 2.45) is 10.9 Å². The number of aromatic nitrogens is 2. The van der Waals surface area contributed by atoms with Crippen LogP contribution in [0.4, 0.5) is 5.82 Å². The van der Waals surface area contributed by atoms with Gasteiger partial charge in [0.25, 0.3) is 0 Å². The molecule has 0 fully saturated rings. The number of rotatable bonds is 7. The zero-order valence-corrected chi connectivity index (χ0v) is 11.6. The van der Waals surface area contributed by atoms with E-state index in [2.05, 4.69) is 15.1 Å². The highest BCUT2D eigenvalue weighted by atomic mass is 16.5. The molecule has 0 saturated heterocycles. The molecule has 7 heteroatoms. The van der Waals surface area contributed by atoms with Gasteiger partial charge in [0.05, 0.1) is 24.2 Å². The first-order valence-corrected chi connectivity index (χ1v) is 6.09. The fraction of sp³-hybridized carbons (Fsp3) is 0.583. The van der Waals surface area contributed by atoms with E-state index in [-0.39, 0.29) is 5.84 Å². The number of anilines is 1. The minimum absolute atomic E-state index is 0.194. The summed E-state index contributed by atoms with van der Waals surface area (Å²) in [6.07, 6.45) is 2.18. The van der Waals surface area contributed by atoms with Gasteiger partial charge in [-0.15, -0.1) is 0 Å². The van der Waals surface area contributed by atoms with Crippen LogP contribution in [-0.4, -0.2) is 47.8 Å². The molecule has 0 aliphatic heterocycles. The van der Waals surface area contributed by atoms with Crippen LogP contribution in [0.1, 0.15) is 17.8 Å². The number of amidine groups is 1. The smallest absolute Gasteiger partial charge is 0.147 e. The van der Waals surface area contributed by atoms with Crippen molar-refractivity contribution in [2.45, 2.75) is 20.3 Å². The van der Waals surface area contributed by atoms with Gasteiger partial charge in [-0.1, -0.05) is 5.16 Å². The molecule has 1 heterocycles. The Bertz CT molecular complexity index is 436. The van der Waals surface area contributed by atoms with Crippen LogP contribution in [0.15, 0.2) is 11.4 Å². The van der Waals surface area contributed by atoms with Gasteiger partial charge < -0.3 is 20.6 Å². The number of aryl methyl sites for hydroxylation is 2. The number of methoxy groups -OCH3 is 1. The summed E-state index contributed by atoms with van der Waals surface area (Å²) in [5.74, 6) is 0.963. The van der Waals surface area contributed by atoms with Crippen molar-refractivity contribution in [3.63, 3.8) is 0 Å². The fourth-order valence-electron chi connectivity index (χ4n) is 1.52. The quantitative estimate of drug-likeness (QED) is 0.326. The number of hydrogen-bond acceptors (Lipinski definition) is 6. The Morgan fingerprint density at radius 3 is 2.74 bits per heavy atom. The summed E-state index contributed by atoms with van der Waals surface area (Å²) in [5, 5.41) is 11.5. The predicted octanol–water partition coefficient (Wildman–Crippen LogP) is 0.683. The second-order valence-electron chi connectivity index (χ2n) is 4.22. The molecule has 0 bridgehead atoms. The van der Waals surface area contributed by atoms with Crippen LogP contribution < -0.4 is 10.6 Å². The van der Waals surface area contributed by atoms with Crippen molar-refractivity contribution in [2.75, 3.05) is 31.7 Å². The Morgan fingerprint density at radius 2 is 2.16 bits per heavy atom. The summed E-state index contributed by atoms with van der Waals surface area (Å²) in [6.45, 7) is 5.68. The second-order valence-corrected chi connectivity index (χ2v) is 4.22. The monoisotopic (exact) mass is 267 g/mol. The third kappa shape index (κ3) is 4.70. The number of oxime groups is 1. The largest absolute Gasteiger partial charge is 0.409 e. The maximum absolute atomic E-state index is 8.57. The lowest BCUT2D eigenvalue weighted by molar-refractivity contribution is 0.205. The minimum Gasteiger partial charge on any atom is -0.409 e. The molecule has 1 aromatic heterocycles. The average Bonchev–Trinajstić information content (AvgIpc) is 2.42. The Kier molecular flexibility index (Phi) is 6.01. The number of ether oxygens (including phenoxy) is 1. The molecule has 1 rings (SSSR count). The molecule has 1 aromatic rings. The molecule has 0 atom stereocenters. The molecule has 0 unspecified atom stereocenters. The van der Waals surface area contributed by atoms with Gasteiger partial charge in [0, 0.05) is 26.6 Å². The van der Waals surface area contributed by atoms with Crippen LogP contribution in [-0.2, 0) is 4.74 Å². The molecule has 19 heavy (non-hydrogen) atoms. The van der Waals surface area contributed by atoms with E-state index in [4.69, 9.17) is 15.7 Å². The molecular formula is C12H21N5O2. The molecule has 7 nitrogen and oxygen atoms in total. The Labute approximate surface area is 113 Å². The van der Waals surface area contributed by atoms with Crippen molar-refractivity contribution in [1.82, 2.24) is 9.97 Å². The van der Waals surface area contributed by atoms with Crippen molar-refractivity contribution < 1.29 is 9.94 Å². The molecule has 0 aliphatic carbocycles. The van der Waals surface area contributed by atoms with E-state index in [1.807, 2.05) is 18.7 Å². The van der Waals surface area contributed by atoms with Crippen molar-refractivity contribution >= 4 is 11.7 Å². The molecule has 106 valence electrons. The van der Waals surface area contributed by atoms with E-state index in [1.54, 1.807) is 13.3 Å². The summed E-state index contributed by atoms with van der Waals surface area (Å²) in [4.78, 5) is 10.8. The van der Waals surface area contributed by atoms with E-state index in [0.29, 0.717) is 26.1 Å². The van der Waals surface area contributed by atoms with Gasteiger partial charge in [-0.3, -0.25) is 4.98 Å². The number of hydrogen-bond donors (Lipinski definition) is 2. The van der Waals surface area contributed by atoms with Gasteiger partial charge >= 0.3 is 0 Å². The van der Waals surface area contributed by atoms with E-state index >= 15 is 0 Å². The predicted molar refractivity (Wildman–Crippen MR) is 73.6 cm³/mol. The Hall–Kier alpha value is -1.89. The lowest BCUT2D eigenvalue weighted by Crippen LogP contribution is -2.32. The molecular weight excluding hydrogens is 246 g/mol. The first-order chi connectivity index (χ1) is 9.08. The minimum atomic E-state index is 0.194. The molecule has 0 aliphatic rings. The summed E-state index contributed by atoms with van der Waals surface area (Å²) in [6, 6.07) is 0.